The first-order valence-corrected chi connectivity index (χ1v) is 6.28. The summed E-state index contributed by atoms with van der Waals surface area (Å²) in [6.07, 6.45) is 0.672. The van der Waals surface area contributed by atoms with Gasteiger partial charge < -0.3 is 5.32 Å². The molecular formula is C16H17F2N. The molecule has 0 radical (unpaired) electrons. The minimum absolute atomic E-state index is 0.0427. The quantitative estimate of drug-likeness (QED) is 0.883. The van der Waals surface area contributed by atoms with E-state index in [4.69, 9.17) is 0 Å². The zero-order chi connectivity index (χ0) is 13.8. The highest BCUT2D eigenvalue weighted by molar-refractivity contribution is 5.30. The molecule has 0 aliphatic rings. The van der Waals surface area contributed by atoms with Crippen LogP contribution < -0.4 is 5.32 Å². The van der Waals surface area contributed by atoms with Crippen molar-refractivity contribution in [3.63, 3.8) is 0 Å². The van der Waals surface area contributed by atoms with E-state index in [1.54, 1.807) is 24.3 Å². The molecule has 0 fully saturated rings. The molecule has 0 aliphatic carbocycles. The van der Waals surface area contributed by atoms with Gasteiger partial charge in [0.1, 0.15) is 11.6 Å². The van der Waals surface area contributed by atoms with E-state index in [-0.39, 0.29) is 17.7 Å². The maximum Gasteiger partial charge on any atom is 0.123 e. The molecule has 0 heterocycles. The van der Waals surface area contributed by atoms with Crippen molar-refractivity contribution in [1.82, 2.24) is 5.32 Å². The summed E-state index contributed by atoms with van der Waals surface area (Å²) in [5, 5.41) is 3.19. The Hall–Kier alpha value is -1.74. The topological polar surface area (TPSA) is 12.0 Å². The van der Waals surface area contributed by atoms with Crippen molar-refractivity contribution < 1.29 is 8.78 Å². The Morgan fingerprint density at radius 1 is 1.00 bits per heavy atom. The van der Waals surface area contributed by atoms with E-state index in [1.807, 2.05) is 14.0 Å². The second-order valence-electron chi connectivity index (χ2n) is 4.67. The lowest BCUT2D eigenvalue weighted by atomic mass is 9.96. The molecule has 0 saturated heterocycles. The predicted octanol–water partition coefficient (Wildman–Crippen LogP) is 3.78. The largest absolute Gasteiger partial charge is 0.313 e. The molecule has 19 heavy (non-hydrogen) atoms. The highest BCUT2D eigenvalue weighted by Crippen LogP contribution is 2.21. The molecule has 1 nitrogen and oxygen atoms in total. The van der Waals surface area contributed by atoms with E-state index < -0.39 is 0 Å². The Kier molecular flexibility index (Phi) is 4.27. The van der Waals surface area contributed by atoms with Crippen LogP contribution in [0.1, 0.15) is 22.7 Å². The third-order valence-corrected chi connectivity index (χ3v) is 3.36. The summed E-state index contributed by atoms with van der Waals surface area (Å²) < 4.78 is 26.2. The number of likely N-dealkylation sites (N-methyl/N-ethyl adjacent to an activating group) is 1. The fourth-order valence-corrected chi connectivity index (χ4v) is 2.16. The Bertz CT molecular complexity index is 549. The lowest BCUT2D eigenvalue weighted by Gasteiger charge is -2.18. The van der Waals surface area contributed by atoms with Crippen LogP contribution in [0.4, 0.5) is 8.78 Å². The van der Waals surface area contributed by atoms with Crippen molar-refractivity contribution in [1.29, 1.82) is 0 Å². The van der Waals surface area contributed by atoms with E-state index in [1.165, 1.54) is 18.2 Å². The summed E-state index contributed by atoms with van der Waals surface area (Å²) in [7, 11) is 1.85. The molecular weight excluding hydrogens is 244 g/mol. The normalized spacial score (nSPS) is 12.4. The van der Waals surface area contributed by atoms with Gasteiger partial charge in [-0.25, -0.2) is 8.78 Å². The number of rotatable bonds is 4. The first kappa shape index (κ1) is 13.7. The molecule has 0 saturated carbocycles. The minimum Gasteiger partial charge on any atom is -0.313 e. The first-order valence-electron chi connectivity index (χ1n) is 6.28. The Balaban J connectivity index is 2.23. The average molecular weight is 261 g/mol. The summed E-state index contributed by atoms with van der Waals surface area (Å²) in [5.74, 6) is -0.477. The molecule has 0 aromatic heterocycles. The minimum atomic E-state index is -0.250. The maximum absolute atomic E-state index is 13.3. The SMILES string of the molecule is CNC(Cc1cc(F)ccc1C)c1ccc(F)cc1. The first-order chi connectivity index (χ1) is 9.10. The van der Waals surface area contributed by atoms with Crippen LogP contribution >= 0.6 is 0 Å². The van der Waals surface area contributed by atoms with Crippen LogP contribution in [0.3, 0.4) is 0 Å². The second-order valence-corrected chi connectivity index (χ2v) is 4.67. The number of aryl methyl sites for hydroxylation is 1. The zero-order valence-corrected chi connectivity index (χ0v) is 11.1. The lowest BCUT2D eigenvalue weighted by Crippen LogP contribution is -2.19. The Morgan fingerprint density at radius 3 is 2.26 bits per heavy atom. The fraction of sp³-hybridized carbons (Fsp3) is 0.250. The average Bonchev–Trinajstić information content (AvgIpc) is 2.41. The van der Waals surface area contributed by atoms with E-state index in [2.05, 4.69) is 5.32 Å². The van der Waals surface area contributed by atoms with Gasteiger partial charge in [-0.3, -0.25) is 0 Å². The molecule has 0 amide bonds. The van der Waals surface area contributed by atoms with Crippen molar-refractivity contribution in [2.45, 2.75) is 19.4 Å². The number of hydrogen-bond donors (Lipinski definition) is 1. The van der Waals surface area contributed by atoms with Crippen LogP contribution in [0.25, 0.3) is 0 Å². The summed E-state index contributed by atoms with van der Waals surface area (Å²) >= 11 is 0. The van der Waals surface area contributed by atoms with Crippen molar-refractivity contribution in [2.75, 3.05) is 7.05 Å². The molecule has 1 atom stereocenters. The van der Waals surface area contributed by atoms with Gasteiger partial charge in [-0.05, 0) is 61.3 Å². The fourth-order valence-electron chi connectivity index (χ4n) is 2.16. The van der Waals surface area contributed by atoms with Gasteiger partial charge in [-0.1, -0.05) is 18.2 Å². The standard InChI is InChI=1S/C16H17F2N/c1-11-3-6-15(18)9-13(11)10-16(19-2)12-4-7-14(17)8-5-12/h3-9,16,19H,10H2,1-2H3. The van der Waals surface area contributed by atoms with Crippen molar-refractivity contribution >= 4 is 0 Å². The number of benzene rings is 2. The summed E-state index contributed by atoms with van der Waals surface area (Å²) in [4.78, 5) is 0. The van der Waals surface area contributed by atoms with Crippen molar-refractivity contribution in [3.8, 4) is 0 Å². The number of hydrogen-bond acceptors (Lipinski definition) is 1. The number of halogens is 2. The molecule has 0 aliphatic heterocycles. The smallest absolute Gasteiger partial charge is 0.123 e. The highest BCUT2D eigenvalue weighted by atomic mass is 19.1. The number of nitrogens with one attached hydrogen (secondary N) is 1. The van der Waals surface area contributed by atoms with Gasteiger partial charge in [0.15, 0.2) is 0 Å². The van der Waals surface area contributed by atoms with Gasteiger partial charge in [0.05, 0.1) is 0 Å². The van der Waals surface area contributed by atoms with E-state index >= 15 is 0 Å². The molecule has 2 rings (SSSR count). The van der Waals surface area contributed by atoms with Gasteiger partial charge in [0.2, 0.25) is 0 Å². The highest BCUT2D eigenvalue weighted by Gasteiger charge is 2.12. The van der Waals surface area contributed by atoms with E-state index in [0.29, 0.717) is 6.42 Å². The van der Waals surface area contributed by atoms with Crippen molar-refractivity contribution in [2.24, 2.45) is 0 Å². The van der Waals surface area contributed by atoms with Gasteiger partial charge >= 0.3 is 0 Å². The molecule has 0 bridgehead atoms. The van der Waals surface area contributed by atoms with Gasteiger partial charge in [-0.15, -0.1) is 0 Å². The lowest BCUT2D eigenvalue weighted by molar-refractivity contribution is 0.578. The predicted molar refractivity (Wildman–Crippen MR) is 73.0 cm³/mol. The second kappa shape index (κ2) is 5.93. The van der Waals surface area contributed by atoms with Crippen LogP contribution in [-0.4, -0.2) is 7.05 Å². The van der Waals surface area contributed by atoms with Crippen LogP contribution in [0.5, 0.6) is 0 Å². The monoisotopic (exact) mass is 261 g/mol. The third-order valence-electron chi connectivity index (χ3n) is 3.36. The summed E-state index contributed by atoms with van der Waals surface area (Å²) in [6.45, 7) is 1.96. The Morgan fingerprint density at radius 2 is 1.63 bits per heavy atom. The molecule has 0 spiro atoms. The molecule has 2 aromatic carbocycles. The molecule has 1 unspecified atom stereocenters. The maximum atomic E-state index is 13.3. The van der Waals surface area contributed by atoms with Crippen LogP contribution in [0.15, 0.2) is 42.5 Å². The van der Waals surface area contributed by atoms with Crippen LogP contribution in [0.2, 0.25) is 0 Å². The van der Waals surface area contributed by atoms with E-state index in [0.717, 1.165) is 16.7 Å². The van der Waals surface area contributed by atoms with E-state index in [9.17, 15) is 8.78 Å². The van der Waals surface area contributed by atoms with Gasteiger partial charge in [0, 0.05) is 6.04 Å². The summed E-state index contributed by atoms with van der Waals surface area (Å²) in [6, 6.07) is 11.2. The molecule has 2 aromatic rings. The third kappa shape index (κ3) is 3.38. The van der Waals surface area contributed by atoms with Gasteiger partial charge in [0.25, 0.3) is 0 Å². The Labute approximate surface area is 112 Å². The van der Waals surface area contributed by atoms with Crippen molar-refractivity contribution in [3.05, 3.63) is 70.8 Å². The molecule has 100 valence electrons. The van der Waals surface area contributed by atoms with Crippen LogP contribution in [-0.2, 0) is 6.42 Å². The molecule has 1 N–H and O–H groups in total. The van der Waals surface area contributed by atoms with Crippen LogP contribution in [0, 0.1) is 18.6 Å². The van der Waals surface area contributed by atoms with Gasteiger partial charge in [-0.2, -0.15) is 0 Å². The molecule has 3 heteroatoms. The zero-order valence-electron chi connectivity index (χ0n) is 11.1. The summed E-state index contributed by atoms with van der Waals surface area (Å²) in [5.41, 5.74) is 3.01.